The van der Waals surface area contributed by atoms with Gasteiger partial charge in [0, 0.05) is 26.2 Å². The Balaban J connectivity index is 1.59. The number of Topliss-reactive ketones (excluding diaryl/α,β-unsaturated/α-hetero) is 1. The van der Waals surface area contributed by atoms with Gasteiger partial charge in [-0.3, -0.25) is 14.5 Å². The topological polar surface area (TPSA) is 83.0 Å². The van der Waals surface area contributed by atoms with Gasteiger partial charge in [0.15, 0.2) is 5.76 Å². The molecule has 1 aromatic heterocycles. The van der Waals surface area contributed by atoms with Crippen molar-refractivity contribution >= 4 is 33.8 Å². The lowest BCUT2D eigenvalue weighted by Gasteiger charge is -2.32. The first-order valence-electron chi connectivity index (χ1n) is 11.5. The van der Waals surface area contributed by atoms with Crippen LogP contribution in [-0.2, 0) is 9.53 Å². The van der Waals surface area contributed by atoms with Gasteiger partial charge in [0.1, 0.15) is 0 Å². The third kappa shape index (κ3) is 4.02. The summed E-state index contributed by atoms with van der Waals surface area (Å²) in [6.45, 7) is 7.60. The number of morpholine rings is 1. The molecular weight excluding hydrogens is 450 g/mol. The molecule has 0 spiro atoms. The minimum absolute atomic E-state index is 0.134. The van der Waals surface area contributed by atoms with E-state index < -0.39 is 17.7 Å². The van der Waals surface area contributed by atoms with E-state index in [9.17, 15) is 14.7 Å². The number of hydrogen-bond acceptors (Lipinski definition) is 7. The fourth-order valence-corrected chi connectivity index (χ4v) is 5.74. The van der Waals surface area contributed by atoms with Crippen molar-refractivity contribution in [2.45, 2.75) is 19.9 Å². The first-order chi connectivity index (χ1) is 16.5. The Morgan fingerprint density at radius 2 is 1.85 bits per heavy atom. The Hall–Kier alpha value is -3.07. The van der Waals surface area contributed by atoms with Crippen molar-refractivity contribution < 1.29 is 19.4 Å². The Morgan fingerprint density at radius 3 is 2.59 bits per heavy atom. The van der Waals surface area contributed by atoms with Gasteiger partial charge in [0.25, 0.3) is 5.91 Å². The van der Waals surface area contributed by atoms with Crippen LogP contribution in [0.3, 0.4) is 0 Å². The summed E-state index contributed by atoms with van der Waals surface area (Å²) in [5, 5.41) is 13.8. The van der Waals surface area contributed by atoms with Gasteiger partial charge >= 0.3 is 0 Å². The summed E-state index contributed by atoms with van der Waals surface area (Å²) in [4.78, 5) is 35.8. The number of carbonyl (C=O) groups is 2. The van der Waals surface area contributed by atoms with Gasteiger partial charge in [-0.25, -0.2) is 4.98 Å². The number of aliphatic hydroxyl groups excluding tert-OH is 1. The van der Waals surface area contributed by atoms with Crippen molar-refractivity contribution in [2.24, 2.45) is 0 Å². The number of hydrogen-bond donors (Lipinski definition) is 1. The highest BCUT2D eigenvalue weighted by Crippen LogP contribution is 2.42. The molecule has 2 aromatic carbocycles. The smallest absolute Gasteiger partial charge is 0.290 e. The molecule has 1 fully saturated rings. The van der Waals surface area contributed by atoms with Gasteiger partial charge in [-0.05, 0) is 30.2 Å². The molecule has 0 bridgehead atoms. The van der Waals surface area contributed by atoms with Gasteiger partial charge in [0.05, 0.1) is 40.4 Å². The van der Waals surface area contributed by atoms with Crippen LogP contribution in [0.5, 0.6) is 0 Å². The second kappa shape index (κ2) is 9.29. The normalized spacial score (nSPS) is 19.4. The number of aryl methyl sites for hydroxylation is 2. The van der Waals surface area contributed by atoms with E-state index in [2.05, 4.69) is 9.88 Å². The minimum Gasteiger partial charge on any atom is -0.503 e. The molecule has 8 heteroatoms. The Morgan fingerprint density at radius 1 is 1.12 bits per heavy atom. The van der Waals surface area contributed by atoms with Crippen LogP contribution in [0.1, 0.15) is 32.0 Å². The van der Waals surface area contributed by atoms with E-state index in [1.807, 2.05) is 49.4 Å². The van der Waals surface area contributed by atoms with Gasteiger partial charge in [0.2, 0.25) is 5.78 Å². The number of ketones is 1. The highest BCUT2D eigenvalue weighted by atomic mass is 32.1. The molecule has 34 heavy (non-hydrogen) atoms. The third-order valence-electron chi connectivity index (χ3n) is 6.54. The van der Waals surface area contributed by atoms with Crippen molar-refractivity contribution in [2.75, 3.05) is 39.4 Å². The van der Waals surface area contributed by atoms with E-state index in [1.165, 1.54) is 11.3 Å². The van der Waals surface area contributed by atoms with Crippen molar-refractivity contribution in [3.8, 4) is 0 Å². The van der Waals surface area contributed by atoms with E-state index in [-0.39, 0.29) is 11.4 Å². The molecule has 1 saturated heterocycles. The lowest BCUT2D eigenvalue weighted by Crippen LogP contribution is -2.43. The maximum atomic E-state index is 13.8. The molecule has 1 amide bonds. The highest BCUT2D eigenvalue weighted by Gasteiger charge is 2.45. The maximum absolute atomic E-state index is 13.8. The standard InChI is InChI=1S/C26H27N3O4S/c1-16-25(34-17(2)27-16)23(30)21-22(20-9-5-7-18-6-3-4-8-19(18)20)29(26(32)24(21)31)11-10-28-12-14-33-15-13-28/h3-9,22,31H,10-15H2,1-2H3. The largest absolute Gasteiger partial charge is 0.503 e. The number of ether oxygens (including phenoxy) is 1. The molecule has 0 aliphatic carbocycles. The molecule has 7 nitrogen and oxygen atoms in total. The monoisotopic (exact) mass is 477 g/mol. The predicted octanol–water partition coefficient (Wildman–Crippen LogP) is 3.82. The number of carbonyl (C=O) groups excluding carboxylic acids is 2. The fourth-order valence-electron chi connectivity index (χ4n) is 4.87. The lowest BCUT2D eigenvalue weighted by molar-refractivity contribution is -0.129. The first kappa shape index (κ1) is 22.7. The number of aliphatic hydroxyl groups is 1. The summed E-state index contributed by atoms with van der Waals surface area (Å²) in [6, 6.07) is 13.1. The molecule has 176 valence electrons. The second-order valence-electron chi connectivity index (χ2n) is 8.66. The molecule has 1 atom stereocenters. The molecule has 1 N–H and O–H groups in total. The Kier molecular flexibility index (Phi) is 6.20. The van der Waals surface area contributed by atoms with E-state index in [4.69, 9.17) is 4.74 Å². The molecule has 3 heterocycles. The average Bonchev–Trinajstić information content (AvgIpc) is 3.32. The molecule has 1 unspecified atom stereocenters. The first-order valence-corrected chi connectivity index (χ1v) is 12.3. The van der Waals surface area contributed by atoms with Crippen LogP contribution in [0, 0.1) is 13.8 Å². The van der Waals surface area contributed by atoms with Crippen molar-refractivity contribution in [3.05, 3.63) is 74.9 Å². The second-order valence-corrected chi connectivity index (χ2v) is 9.87. The van der Waals surface area contributed by atoms with E-state index in [1.54, 1.807) is 11.8 Å². The Labute approximate surface area is 202 Å². The fraction of sp³-hybridized carbons (Fsp3) is 0.346. The molecule has 5 rings (SSSR count). The summed E-state index contributed by atoms with van der Waals surface area (Å²) in [7, 11) is 0. The molecule has 0 radical (unpaired) electrons. The minimum atomic E-state index is -0.672. The van der Waals surface area contributed by atoms with Crippen LogP contribution in [-0.4, -0.2) is 71.0 Å². The number of rotatable bonds is 6. The lowest BCUT2D eigenvalue weighted by atomic mass is 9.91. The summed E-state index contributed by atoms with van der Waals surface area (Å²) < 4.78 is 5.44. The molecule has 0 saturated carbocycles. The summed E-state index contributed by atoms with van der Waals surface area (Å²) in [5.41, 5.74) is 1.58. The zero-order chi connectivity index (χ0) is 23.8. The Bertz CT molecular complexity index is 1290. The SMILES string of the molecule is Cc1nc(C)c(C(=O)C2=C(O)C(=O)N(CCN3CCOCC3)C2c2cccc3ccccc23)s1. The molecule has 2 aliphatic heterocycles. The van der Waals surface area contributed by atoms with E-state index in [0.29, 0.717) is 36.9 Å². The number of aromatic nitrogens is 1. The van der Waals surface area contributed by atoms with Crippen LogP contribution in [0.4, 0.5) is 0 Å². The van der Waals surface area contributed by atoms with Crippen LogP contribution < -0.4 is 0 Å². The van der Waals surface area contributed by atoms with Crippen molar-refractivity contribution in [1.29, 1.82) is 0 Å². The van der Waals surface area contributed by atoms with Gasteiger partial charge in [-0.2, -0.15) is 0 Å². The molecule has 2 aliphatic rings. The van der Waals surface area contributed by atoms with Crippen LogP contribution in [0.15, 0.2) is 53.8 Å². The van der Waals surface area contributed by atoms with Gasteiger partial charge in [-0.15, -0.1) is 11.3 Å². The van der Waals surface area contributed by atoms with E-state index >= 15 is 0 Å². The number of fused-ring (bicyclic) bond motifs is 1. The summed E-state index contributed by atoms with van der Waals surface area (Å²) in [5.74, 6) is -1.30. The number of nitrogens with zero attached hydrogens (tertiary/aromatic N) is 3. The van der Waals surface area contributed by atoms with Crippen LogP contribution >= 0.6 is 11.3 Å². The highest BCUT2D eigenvalue weighted by molar-refractivity contribution is 7.14. The molecule has 3 aromatic rings. The summed E-state index contributed by atoms with van der Waals surface area (Å²) in [6.07, 6.45) is 0. The molecular formula is C26H27N3O4S. The number of amides is 1. The van der Waals surface area contributed by atoms with Gasteiger partial charge < -0.3 is 14.7 Å². The predicted molar refractivity (Wildman–Crippen MR) is 131 cm³/mol. The third-order valence-corrected chi connectivity index (χ3v) is 7.61. The van der Waals surface area contributed by atoms with Crippen LogP contribution in [0.2, 0.25) is 0 Å². The maximum Gasteiger partial charge on any atom is 0.290 e. The quantitative estimate of drug-likeness (QED) is 0.544. The zero-order valence-electron chi connectivity index (χ0n) is 19.3. The van der Waals surface area contributed by atoms with Crippen LogP contribution in [0.25, 0.3) is 10.8 Å². The number of benzene rings is 2. The average molecular weight is 478 g/mol. The van der Waals surface area contributed by atoms with E-state index in [0.717, 1.165) is 34.4 Å². The van der Waals surface area contributed by atoms with Crippen molar-refractivity contribution in [3.63, 3.8) is 0 Å². The number of thiazole rings is 1. The van der Waals surface area contributed by atoms with Crippen molar-refractivity contribution in [1.82, 2.24) is 14.8 Å². The zero-order valence-corrected chi connectivity index (χ0v) is 20.1. The summed E-state index contributed by atoms with van der Waals surface area (Å²) >= 11 is 1.29. The van der Waals surface area contributed by atoms with Gasteiger partial charge in [-0.1, -0.05) is 42.5 Å².